The van der Waals surface area contributed by atoms with Crippen molar-refractivity contribution >= 4 is 0 Å². The van der Waals surface area contributed by atoms with E-state index in [4.69, 9.17) is 18.6 Å². The van der Waals surface area contributed by atoms with Gasteiger partial charge in [0.2, 0.25) is 0 Å². The molecule has 0 spiro atoms. The van der Waals surface area contributed by atoms with Crippen molar-refractivity contribution in [2.45, 2.75) is 219 Å². The molecule has 0 aromatic rings. The molecule has 0 saturated carbocycles. The molecular weight excluding hydrogens is 546 g/mol. The normalized spacial score (nSPS) is 11.6. The van der Waals surface area contributed by atoms with E-state index < -0.39 is 10.2 Å². The molecule has 0 amide bonds. The van der Waals surface area contributed by atoms with E-state index in [0.717, 1.165) is 0 Å². The van der Waals surface area contributed by atoms with Crippen molar-refractivity contribution in [1.82, 2.24) is 0 Å². The lowest BCUT2D eigenvalue weighted by Crippen LogP contribution is -2.84. The van der Waals surface area contributed by atoms with Gasteiger partial charge >= 0.3 is 0 Å². The largest absolute Gasteiger partial charge is 0.346 e. The van der Waals surface area contributed by atoms with Crippen LogP contribution in [0.15, 0.2) is 0 Å². The van der Waals surface area contributed by atoms with Crippen molar-refractivity contribution in [2.24, 2.45) is 0 Å². The maximum atomic E-state index is 8.49. The van der Waals surface area contributed by atoms with E-state index in [2.05, 4.69) is 19.2 Å². The van der Waals surface area contributed by atoms with Gasteiger partial charge in [-0.05, 0) is 25.7 Å². The average molecular weight is 622 g/mol. The summed E-state index contributed by atoms with van der Waals surface area (Å²) in [5, 5.41) is 2.59. The van der Waals surface area contributed by atoms with Crippen LogP contribution in [0.5, 0.6) is 0 Å². The number of halogens is 1. The Morgan fingerprint density at radius 2 is 0.429 bits per heavy atom. The van der Waals surface area contributed by atoms with E-state index >= 15 is 0 Å². The minimum Gasteiger partial charge on any atom is -0.346 e. The monoisotopic (exact) mass is 622 g/mol. The Balaban J connectivity index is 0. The summed E-state index contributed by atoms with van der Waals surface area (Å²) in [5.41, 5.74) is 0. The quantitative estimate of drug-likeness (QED) is 0.0759. The Hall–Kier alpha value is 0.0900. The molecule has 6 heteroatoms. The fraction of sp³-hybridized carbons (Fsp3) is 1.00. The topological polar surface area (TPSA) is 109 Å². The highest BCUT2D eigenvalue weighted by atomic mass is 35.7. The van der Waals surface area contributed by atoms with E-state index in [1.807, 2.05) is 0 Å². The number of nitrogens with two attached hydrogens (primary N) is 1. The van der Waals surface area contributed by atoms with Crippen molar-refractivity contribution in [2.75, 3.05) is 13.1 Å². The van der Waals surface area contributed by atoms with Crippen molar-refractivity contribution in [3.05, 3.63) is 0 Å². The zero-order valence-corrected chi connectivity index (χ0v) is 29.4. The van der Waals surface area contributed by atoms with Gasteiger partial charge in [0.15, 0.2) is 0 Å². The minimum atomic E-state index is -4.94. The van der Waals surface area contributed by atoms with Crippen LogP contribution in [0.25, 0.3) is 0 Å². The number of quaternary nitrogens is 1. The van der Waals surface area contributed by atoms with Gasteiger partial charge in [-0.2, -0.15) is 0 Å². The van der Waals surface area contributed by atoms with E-state index in [9.17, 15) is 0 Å². The molecule has 0 radical (unpaired) electrons. The molecular formula is C36H76ClNO4. The summed E-state index contributed by atoms with van der Waals surface area (Å²) in [4.78, 5) is 0. The third-order valence-corrected chi connectivity index (χ3v) is 8.52. The van der Waals surface area contributed by atoms with Gasteiger partial charge in [0.1, 0.15) is 0 Å². The van der Waals surface area contributed by atoms with Crippen molar-refractivity contribution in [3.8, 4) is 0 Å². The van der Waals surface area contributed by atoms with Gasteiger partial charge < -0.3 is 5.32 Å². The molecule has 0 aliphatic heterocycles. The summed E-state index contributed by atoms with van der Waals surface area (Å²) < 4.78 is 34.0. The summed E-state index contributed by atoms with van der Waals surface area (Å²) >= 11 is 0. The first kappa shape index (κ1) is 44.2. The number of hydrogen-bond acceptors (Lipinski definition) is 4. The second-order valence-corrected chi connectivity index (χ2v) is 13.6. The second kappa shape index (κ2) is 39.1. The van der Waals surface area contributed by atoms with E-state index in [-0.39, 0.29) is 0 Å². The number of hydrogen-bond donors (Lipinski definition) is 1. The second-order valence-electron chi connectivity index (χ2n) is 12.9. The predicted molar refractivity (Wildman–Crippen MR) is 171 cm³/mol. The van der Waals surface area contributed by atoms with Crippen LogP contribution >= 0.6 is 0 Å². The van der Waals surface area contributed by atoms with Crippen LogP contribution in [0.2, 0.25) is 0 Å². The third kappa shape index (κ3) is 52.7. The molecule has 0 aromatic carbocycles. The van der Waals surface area contributed by atoms with Gasteiger partial charge in [0.05, 0.1) is 13.1 Å². The van der Waals surface area contributed by atoms with E-state index in [1.165, 1.54) is 219 Å². The zero-order chi connectivity index (χ0) is 31.2. The maximum absolute atomic E-state index is 8.49. The molecule has 0 bridgehead atoms. The number of rotatable bonds is 34. The smallest absolute Gasteiger partial charge is 0.0755 e. The van der Waals surface area contributed by atoms with Crippen LogP contribution in [-0.2, 0) is 0 Å². The van der Waals surface area contributed by atoms with Gasteiger partial charge in [-0.25, -0.2) is 18.6 Å². The fourth-order valence-corrected chi connectivity index (χ4v) is 5.82. The van der Waals surface area contributed by atoms with Gasteiger partial charge in [-0.15, -0.1) is 10.2 Å². The van der Waals surface area contributed by atoms with Crippen LogP contribution in [0.4, 0.5) is 0 Å². The molecule has 0 aromatic heterocycles. The average Bonchev–Trinajstić information content (AvgIpc) is 2.94. The minimum absolute atomic E-state index is 1.37. The first-order valence-corrected chi connectivity index (χ1v) is 20.1. The lowest BCUT2D eigenvalue weighted by Gasteiger charge is -2.17. The Bertz CT molecular complexity index is 422. The molecule has 0 fully saturated rings. The summed E-state index contributed by atoms with van der Waals surface area (Å²) in [5.74, 6) is 0. The molecule has 0 aliphatic carbocycles. The number of unbranched alkanes of at least 4 members (excludes halogenated alkanes) is 30. The first-order valence-electron chi connectivity index (χ1n) is 18.8. The first-order chi connectivity index (χ1) is 20.4. The molecule has 0 aliphatic rings. The molecule has 42 heavy (non-hydrogen) atoms. The van der Waals surface area contributed by atoms with Crippen LogP contribution < -0.4 is 24.0 Å². The van der Waals surface area contributed by atoms with Gasteiger partial charge in [0.25, 0.3) is 0 Å². The summed E-state index contributed by atoms with van der Waals surface area (Å²) in [6, 6.07) is 0. The maximum Gasteiger partial charge on any atom is 0.0755 e. The van der Waals surface area contributed by atoms with Crippen LogP contribution in [0.1, 0.15) is 219 Å². The fourth-order valence-electron chi connectivity index (χ4n) is 5.82. The molecule has 0 unspecified atom stereocenters. The van der Waals surface area contributed by atoms with Gasteiger partial charge in [-0.3, -0.25) is 0 Å². The summed E-state index contributed by atoms with van der Waals surface area (Å²) in [6.45, 7) is 7.36. The lowest BCUT2D eigenvalue weighted by molar-refractivity contribution is -2.00. The van der Waals surface area contributed by atoms with Crippen LogP contribution in [0.3, 0.4) is 0 Å². The Kier molecular flexibility index (Phi) is 41.2. The Morgan fingerprint density at radius 3 is 0.595 bits per heavy atom. The van der Waals surface area contributed by atoms with Crippen molar-refractivity contribution < 1.29 is 34.2 Å². The molecule has 256 valence electrons. The highest BCUT2D eigenvalue weighted by molar-refractivity contribution is 4.51. The third-order valence-electron chi connectivity index (χ3n) is 8.52. The molecule has 0 heterocycles. The Labute approximate surface area is 266 Å². The summed E-state index contributed by atoms with van der Waals surface area (Å²) in [6.07, 6.45) is 47.0. The zero-order valence-electron chi connectivity index (χ0n) is 28.6. The van der Waals surface area contributed by atoms with Gasteiger partial charge in [-0.1, -0.05) is 194 Å². The van der Waals surface area contributed by atoms with Crippen molar-refractivity contribution in [3.63, 3.8) is 0 Å². The standard InChI is InChI=1S/C36H75N.ClHO4/c1-3-5-7-9-11-13-15-17-19-21-23-25-27-29-31-33-35-37-36-34-32-30-28-26-24-22-20-18-16-14-12-10-8-6-4-2;2-1(3,4)5/h37H,3-36H2,1-2H3;(H,2,3,4,5). The predicted octanol–water partition coefficient (Wildman–Crippen LogP) is 7.32. The van der Waals surface area contributed by atoms with Crippen LogP contribution in [0, 0.1) is 10.2 Å². The molecule has 0 atom stereocenters. The van der Waals surface area contributed by atoms with Crippen LogP contribution in [-0.4, -0.2) is 13.1 Å². The molecule has 0 saturated heterocycles. The highest BCUT2D eigenvalue weighted by Crippen LogP contribution is 2.15. The lowest BCUT2D eigenvalue weighted by atomic mass is 10.0. The van der Waals surface area contributed by atoms with Crippen molar-refractivity contribution in [1.29, 1.82) is 0 Å². The van der Waals surface area contributed by atoms with Gasteiger partial charge in [0, 0.05) is 0 Å². The molecule has 0 rings (SSSR count). The summed E-state index contributed by atoms with van der Waals surface area (Å²) in [7, 11) is -4.94. The SMILES string of the molecule is CCCCCCCCCCCCCCCCCC[NH2+]CCCCCCCCCCCCCCCCCC.[O-][Cl+3]([O-])([O-])[O-]. The Morgan fingerprint density at radius 1 is 0.286 bits per heavy atom. The molecule has 2 N–H and O–H groups in total. The molecule has 5 nitrogen and oxygen atoms in total. The van der Waals surface area contributed by atoms with E-state index in [0.29, 0.717) is 0 Å². The van der Waals surface area contributed by atoms with E-state index in [1.54, 1.807) is 0 Å². The highest BCUT2D eigenvalue weighted by Gasteiger charge is 1.98.